The molecule has 0 aromatic carbocycles. The summed E-state index contributed by atoms with van der Waals surface area (Å²) in [5, 5.41) is 12.3. The van der Waals surface area contributed by atoms with Crippen LogP contribution in [-0.2, 0) is 7.05 Å². The Kier molecular flexibility index (Phi) is 4.71. The van der Waals surface area contributed by atoms with Crippen LogP contribution in [0, 0.1) is 6.92 Å². The average Bonchev–Trinajstić information content (AvgIpc) is 3.45. The number of carbonyl (C=O) groups excluding carboxylic acids is 2. The van der Waals surface area contributed by atoms with Gasteiger partial charge in [-0.2, -0.15) is 0 Å². The molecule has 2 aliphatic carbocycles. The minimum atomic E-state index is -0.317. The molecule has 0 radical (unpaired) electrons. The van der Waals surface area contributed by atoms with E-state index < -0.39 is 0 Å². The van der Waals surface area contributed by atoms with E-state index in [1.54, 1.807) is 24.1 Å². The van der Waals surface area contributed by atoms with Gasteiger partial charge in [0.05, 0.1) is 11.7 Å². The van der Waals surface area contributed by atoms with Gasteiger partial charge in [0.2, 0.25) is 0 Å². The average molecular weight is 382 g/mol. The lowest BCUT2D eigenvalue weighted by Gasteiger charge is -2.38. The Morgan fingerprint density at radius 1 is 1.29 bits per heavy atom. The lowest BCUT2D eigenvalue weighted by molar-refractivity contribution is 0.0132. The normalized spacial score (nSPS) is 21.1. The molecule has 0 spiro atoms. The van der Waals surface area contributed by atoms with Gasteiger partial charge in [-0.3, -0.25) is 9.59 Å². The minimum Gasteiger partial charge on any atom is -0.393 e. The van der Waals surface area contributed by atoms with Gasteiger partial charge in [-0.1, -0.05) is 0 Å². The predicted octanol–water partition coefficient (Wildman–Crippen LogP) is 2.45. The lowest BCUT2D eigenvalue weighted by Crippen LogP contribution is -2.47. The van der Waals surface area contributed by atoms with Crippen LogP contribution in [0.5, 0.6) is 0 Å². The third kappa shape index (κ3) is 3.42. The standard InChI is InChI=1S/C21H26N4O3/c1-12-17(11-18(24(12)2)13-4-5-13)20(27)23-19-8-14(6-7-22-19)21(28)25(3)15-9-16(26)10-15/h6-8,11,13,15-16,26H,4-5,9-10H2,1-3H3,(H,22,23,27). The number of anilines is 1. The number of aromatic nitrogens is 2. The third-order valence-corrected chi connectivity index (χ3v) is 6.02. The number of pyridine rings is 1. The van der Waals surface area contributed by atoms with E-state index in [2.05, 4.69) is 14.9 Å². The molecule has 0 saturated heterocycles. The van der Waals surface area contributed by atoms with Gasteiger partial charge in [0.1, 0.15) is 5.82 Å². The second-order valence-electron chi connectivity index (χ2n) is 7.98. The fourth-order valence-corrected chi connectivity index (χ4v) is 3.78. The Morgan fingerprint density at radius 2 is 2.00 bits per heavy atom. The van der Waals surface area contributed by atoms with Crippen LogP contribution in [0.2, 0.25) is 0 Å². The number of amides is 2. The summed E-state index contributed by atoms with van der Waals surface area (Å²) in [7, 11) is 3.73. The summed E-state index contributed by atoms with van der Waals surface area (Å²) in [5.41, 5.74) is 3.24. The van der Waals surface area contributed by atoms with Gasteiger partial charge in [0.15, 0.2) is 0 Å². The van der Waals surface area contributed by atoms with Crippen molar-refractivity contribution in [2.24, 2.45) is 7.05 Å². The summed E-state index contributed by atoms with van der Waals surface area (Å²) in [4.78, 5) is 31.3. The monoisotopic (exact) mass is 382 g/mol. The summed E-state index contributed by atoms with van der Waals surface area (Å²) in [6.45, 7) is 1.94. The molecule has 7 heteroatoms. The zero-order valence-corrected chi connectivity index (χ0v) is 16.5. The zero-order valence-electron chi connectivity index (χ0n) is 16.5. The number of nitrogens with one attached hydrogen (secondary N) is 1. The van der Waals surface area contributed by atoms with Crippen LogP contribution in [0.15, 0.2) is 24.4 Å². The Bertz CT molecular complexity index is 926. The molecule has 4 rings (SSSR count). The molecule has 2 aliphatic rings. The number of nitrogens with zero attached hydrogens (tertiary/aromatic N) is 3. The number of aliphatic hydroxyl groups is 1. The van der Waals surface area contributed by atoms with E-state index in [0.29, 0.717) is 35.7 Å². The van der Waals surface area contributed by atoms with E-state index in [4.69, 9.17) is 0 Å². The molecule has 28 heavy (non-hydrogen) atoms. The van der Waals surface area contributed by atoms with Crippen molar-refractivity contribution in [1.82, 2.24) is 14.5 Å². The largest absolute Gasteiger partial charge is 0.393 e. The maximum absolute atomic E-state index is 12.8. The first-order valence-electron chi connectivity index (χ1n) is 9.74. The molecular formula is C21H26N4O3. The van der Waals surface area contributed by atoms with E-state index in [1.807, 2.05) is 20.0 Å². The molecule has 148 valence electrons. The lowest BCUT2D eigenvalue weighted by atomic mass is 9.88. The summed E-state index contributed by atoms with van der Waals surface area (Å²) >= 11 is 0. The first-order chi connectivity index (χ1) is 13.3. The minimum absolute atomic E-state index is 0.0570. The highest BCUT2D eigenvalue weighted by atomic mass is 16.3. The fourth-order valence-electron chi connectivity index (χ4n) is 3.78. The van der Waals surface area contributed by atoms with Crippen molar-refractivity contribution in [2.45, 2.75) is 50.7 Å². The molecule has 0 atom stereocenters. The van der Waals surface area contributed by atoms with Crippen molar-refractivity contribution in [2.75, 3.05) is 12.4 Å². The third-order valence-electron chi connectivity index (χ3n) is 6.02. The number of rotatable bonds is 5. The molecule has 7 nitrogen and oxygen atoms in total. The maximum atomic E-state index is 12.8. The maximum Gasteiger partial charge on any atom is 0.258 e. The highest BCUT2D eigenvalue weighted by Crippen LogP contribution is 2.41. The molecule has 2 fully saturated rings. The highest BCUT2D eigenvalue weighted by Gasteiger charge is 2.33. The van der Waals surface area contributed by atoms with Gasteiger partial charge in [-0.25, -0.2) is 4.98 Å². The summed E-state index contributed by atoms with van der Waals surface area (Å²) < 4.78 is 2.09. The molecular weight excluding hydrogens is 356 g/mol. The van der Waals surface area contributed by atoms with Crippen LogP contribution < -0.4 is 5.32 Å². The van der Waals surface area contributed by atoms with Crippen molar-refractivity contribution in [3.05, 3.63) is 46.9 Å². The van der Waals surface area contributed by atoms with Crippen LogP contribution in [0.3, 0.4) is 0 Å². The quantitative estimate of drug-likeness (QED) is 0.832. The first kappa shape index (κ1) is 18.7. The van der Waals surface area contributed by atoms with E-state index in [1.165, 1.54) is 24.7 Å². The van der Waals surface area contributed by atoms with E-state index >= 15 is 0 Å². The fraction of sp³-hybridized carbons (Fsp3) is 0.476. The van der Waals surface area contributed by atoms with Gasteiger partial charge in [-0.05, 0) is 56.7 Å². The number of aliphatic hydroxyl groups excluding tert-OH is 1. The summed E-state index contributed by atoms with van der Waals surface area (Å²) in [5.74, 6) is 0.563. The van der Waals surface area contributed by atoms with Crippen LogP contribution in [0.4, 0.5) is 5.82 Å². The van der Waals surface area contributed by atoms with E-state index in [9.17, 15) is 14.7 Å². The van der Waals surface area contributed by atoms with Gasteiger partial charge < -0.3 is 19.9 Å². The van der Waals surface area contributed by atoms with Crippen LogP contribution in [0.1, 0.15) is 63.7 Å². The Hall–Kier alpha value is -2.67. The van der Waals surface area contributed by atoms with Crippen LogP contribution in [0.25, 0.3) is 0 Å². The second-order valence-corrected chi connectivity index (χ2v) is 7.98. The molecule has 2 aromatic heterocycles. The summed E-state index contributed by atoms with van der Waals surface area (Å²) in [6.07, 6.45) is 4.77. The Labute approximate surface area is 164 Å². The Balaban J connectivity index is 1.48. The van der Waals surface area contributed by atoms with Gasteiger partial charge in [-0.15, -0.1) is 0 Å². The molecule has 0 unspecified atom stereocenters. The van der Waals surface area contributed by atoms with E-state index in [-0.39, 0.29) is 24.0 Å². The first-order valence-corrected chi connectivity index (χ1v) is 9.74. The molecule has 2 amide bonds. The van der Waals surface area contributed by atoms with Crippen LogP contribution in [-0.4, -0.2) is 50.6 Å². The van der Waals surface area contributed by atoms with E-state index in [0.717, 1.165) is 5.69 Å². The molecule has 0 bridgehead atoms. The zero-order chi connectivity index (χ0) is 20.0. The van der Waals surface area contributed by atoms with Crippen LogP contribution >= 0.6 is 0 Å². The van der Waals surface area contributed by atoms with Crippen molar-refractivity contribution in [1.29, 1.82) is 0 Å². The highest BCUT2D eigenvalue weighted by molar-refractivity contribution is 6.05. The topological polar surface area (TPSA) is 87.5 Å². The molecule has 2 aromatic rings. The van der Waals surface area contributed by atoms with Gasteiger partial charge >= 0.3 is 0 Å². The summed E-state index contributed by atoms with van der Waals surface area (Å²) in [6, 6.07) is 5.27. The molecule has 2 heterocycles. The Morgan fingerprint density at radius 3 is 2.64 bits per heavy atom. The predicted molar refractivity (Wildman–Crippen MR) is 105 cm³/mol. The van der Waals surface area contributed by atoms with Crippen molar-refractivity contribution in [3.63, 3.8) is 0 Å². The second kappa shape index (κ2) is 7.05. The number of hydrogen-bond donors (Lipinski definition) is 2. The molecule has 2 saturated carbocycles. The number of carbonyl (C=O) groups is 2. The van der Waals surface area contributed by atoms with Crippen molar-refractivity contribution >= 4 is 17.6 Å². The SMILES string of the molecule is Cc1c(C(=O)Nc2cc(C(=O)N(C)C3CC(O)C3)ccn2)cc(C2CC2)n1C. The van der Waals surface area contributed by atoms with Gasteiger partial charge in [0.25, 0.3) is 11.8 Å². The smallest absolute Gasteiger partial charge is 0.258 e. The van der Waals surface area contributed by atoms with Crippen molar-refractivity contribution < 1.29 is 14.7 Å². The van der Waals surface area contributed by atoms with Gasteiger partial charge in [0, 0.05) is 43.3 Å². The molecule has 2 N–H and O–H groups in total. The molecule has 0 aliphatic heterocycles. The van der Waals surface area contributed by atoms with Crippen molar-refractivity contribution in [3.8, 4) is 0 Å². The number of hydrogen-bond acceptors (Lipinski definition) is 4.